The quantitative estimate of drug-likeness (QED) is 0.737. The van der Waals surface area contributed by atoms with Gasteiger partial charge in [-0.05, 0) is 24.1 Å². The first-order chi connectivity index (χ1) is 13.6. The lowest BCUT2D eigenvalue weighted by Crippen LogP contribution is -2.40. The standard InChI is InChI=1S/C20H19N5O3/c1-28-14-4-2-13(3-5-14)10-18(26)25-9-6-15-17(12-25)23-19(24-20(15)27)16-11-21-7-8-22-16/h2-5,7-8,11H,6,9-10,12H2,1H3,(H,23,24,27). The van der Waals surface area contributed by atoms with E-state index in [-0.39, 0.29) is 11.5 Å². The number of ether oxygens (including phenoxy) is 1. The predicted molar refractivity (Wildman–Crippen MR) is 102 cm³/mol. The molecule has 8 nitrogen and oxygen atoms in total. The van der Waals surface area contributed by atoms with E-state index in [0.717, 1.165) is 11.3 Å². The van der Waals surface area contributed by atoms with Gasteiger partial charge in [-0.1, -0.05) is 12.1 Å². The van der Waals surface area contributed by atoms with Crippen LogP contribution in [0.3, 0.4) is 0 Å². The van der Waals surface area contributed by atoms with Gasteiger partial charge >= 0.3 is 0 Å². The van der Waals surface area contributed by atoms with E-state index >= 15 is 0 Å². The smallest absolute Gasteiger partial charge is 0.254 e. The van der Waals surface area contributed by atoms with Crippen molar-refractivity contribution in [2.45, 2.75) is 19.4 Å². The molecule has 2 aromatic heterocycles. The summed E-state index contributed by atoms with van der Waals surface area (Å²) in [6.45, 7) is 0.804. The topological polar surface area (TPSA) is 101 Å². The Hall–Kier alpha value is -3.55. The Labute approximate surface area is 161 Å². The van der Waals surface area contributed by atoms with Crippen molar-refractivity contribution in [1.82, 2.24) is 24.8 Å². The van der Waals surface area contributed by atoms with Crippen LogP contribution in [0.25, 0.3) is 11.5 Å². The minimum atomic E-state index is -0.187. The number of benzene rings is 1. The lowest BCUT2D eigenvalue weighted by Gasteiger charge is -2.28. The summed E-state index contributed by atoms with van der Waals surface area (Å²) < 4.78 is 5.14. The van der Waals surface area contributed by atoms with E-state index in [0.29, 0.717) is 48.7 Å². The molecule has 28 heavy (non-hydrogen) atoms. The molecule has 3 aromatic rings. The van der Waals surface area contributed by atoms with Crippen LogP contribution in [0.2, 0.25) is 0 Å². The molecule has 3 heterocycles. The molecule has 4 rings (SSSR count). The van der Waals surface area contributed by atoms with Crippen molar-refractivity contribution in [2.24, 2.45) is 0 Å². The molecule has 142 valence electrons. The van der Waals surface area contributed by atoms with Crippen LogP contribution < -0.4 is 10.3 Å². The fourth-order valence-electron chi connectivity index (χ4n) is 3.23. The average molecular weight is 377 g/mol. The zero-order valence-electron chi connectivity index (χ0n) is 15.4. The fraction of sp³-hybridized carbons (Fsp3) is 0.250. The number of hydrogen-bond donors (Lipinski definition) is 1. The van der Waals surface area contributed by atoms with Crippen LogP contribution in [0.15, 0.2) is 47.7 Å². The van der Waals surface area contributed by atoms with E-state index in [9.17, 15) is 9.59 Å². The summed E-state index contributed by atoms with van der Waals surface area (Å²) >= 11 is 0. The lowest BCUT2D eigenvalue weighted by atomic mass is 10.0. The van der Waals surface area contributed by atoms with Gasteiger partial charge in [0.25, 0.3) is 5.56 Å². The molecule has 0 saturated heterocycles. The highest BCUT2D eigenvalue weighted by Crippen LogP contribution is 2.19. The minimum absolute atomic E-state index is 0.000971. The van der Waals surface area contributed by atoms with Gasteiger partial charge in [0.1, 0.15) is 11.4 Å². The molecule has 0 radical (unpaired) electrons. The number of aromatic amines is 1. The number of carbonyl (C=O) groups is 1. The van der Waals surface area contributed by atoms with E-state index in [1.165, 1.54) is 0 Å². The Balaban J connectivity index is 1.54. The van der Waals surface area contributed by atoms with Crippen LogP contribution in [0.1, 0.15) is 16.8 Å². The van der Waals surface area contributed by atoms with Crippen molar-refractivity contribution in [3.63, 3.8) is 0 Å². The summed E-state index contributed by atoms with van der Waals surface area (Å²) in [5, 5.41) is 0. The van der Waals surface area contributed by atoms with Gasteiger partial charge in [0.15, 0.2) is 5.82 Å². The minimum Gasteiger partial charge on any atom is -0.497 e. The summed E-state index contributed by atoms with van der Waals surface area (Å²) in [6, 6.07) is 7.43. The number of fused-ring (bicyclic) bond motifs is 1. The first kappa shape index (κ1) is 17.8. The second-order valence-corrected chi connectivity index (χ2v) is 6.52. The lowest BCUT2D eigenvalue weighted by molar-refractivity contribution is -0.131. The van der Waals surface area contributed by atoms with Crippen molar-refractivity contribution < 1.29 is 9.53 Å². The van der Waals surface area contributed by atoms with Crippen LogP contribution >= 0.6 is 0 Å². The third-order valence-electron chi connectivity index (χ3n) is 4.75. The van der Waals surface area contributed by atoms with Gasteiger partial charge in [-0.25, -0.2) is 9.97 Å². The third-order valence-corrected chi connectivity index (χ3v) is 4.75. The van der Waals surface area contributed by atoms with Gasteiger partial charge < -0.3 is 14.6 Å². The Kier molecular flexibility index (Phi) is 4.84. The molecule has 8 heteroatoms. The molecule has 0 unspecified atom stereocenters. The molecule has 1 aliphatic rings. The molecule has 0 saturated carbocycles. The second-order valence-electron chi connectivity index (χ2n) is 6.52. The van der Waals surface area contributed by atoms with Gasteiger partial charge in [0.2, 0.25) is 5.91 Å². The SMILES string of the molecule is COc1ccc(CC(=O)N2CCc3c(nc(-c4cnccn4)[nH]c3=O)C2)cc1. The number of rotatable bonds is 4. The van der Waals surface area contributed by atoms with Crippen LogP contribution in [0.5, 0.6) is 5.75 Å². The van der Waals surface area contributed by atoms with Gasteiger partial charge in [-0.15, -0.1) is 0 Å². The highest BCUT2D eigenvalue weighted by atomic mass is 16.5. The summed E-state index contributed by atoms with van der Waals surface area (Å²) in [4.78, 5) is 42.4. The fourth-order valence-corrected chi connectivity index (χ4v) is 3.23. The van der Waals surface area contributed by atoms with Gasteiger partial charge in [-0.3, -0.25) is 14.6 Å². The van der Waals surface area contributed by atoms with Crippen molar-refractivity contribution in [2.75, 3.05) is 13.7 Å². The number of carbonyl (C=O) groups excluding carboxylic acids is 1. The average Bonchev–Trinajstić information content (AvgIpc) is 2.74. The molecule has 0 fully saturated rings. The summed E-state index contributed by atoms with van der Waals surface area (Å²) in [5.41, 5.74) is 2.45. The largest absolute Gasteiger partial charge is 0.497 e. The van der Waals surface area contributed by atoms with Crippen molar-refractivity contribution in [3.8, 4) is 17.3 Å². The molecular formula is C20H19N5O3. The van der Waals surface area contributed by atoms with Crippen molar-refractivity contribution in [3.05, 3.63) is 70.0 Å². The molecule has 1 aliphatic heterocycles. The second kappa shape index (κ2) is 7.59. The molecular weight excluding hydrogens is 358 g/mol. The molecule has 0 spiro atoms. The van der Waals surface area contributed by atoms with Gasteiger partial charge in [-0.2, -0.15) is 0 Å². The Morgan fingerprint density at radius 1 is 1.25 bits per heavy atom. The predicted octanol–water partition coefficient (Wildman–Crippen LogP) is 1.36. The van der Waals surface area contributed by atoms with Crippen molar-refractivity contribution in [1.29, 1.82) is 0 Å². The maximum atomic E-state index is 12.7. The normalized spacial score (nSPS) is 13.1. The number of hydrogen-bond acceptors (Lipinski definition) is 6. The molecule has 0 bridgehead atoms. The number of aromatic nitrogens is 4. The highest BCUT2D eigenvalue weighted by Gasteiger charge is 2.24. The van der Waals surface area contributed by atoms with E-state index in [1.54, 1.807) is 30.6 Å². The third kappa shape index (κ3) is 3.62. The maximum absolute atomic E-state index is 12.7. The molecule has 1 aromatic carbocycles. The van der Waals surface area contributed by atoms with Gasteiger partial charge in [0, 0.05) is 24.5 Å². The van der Waals surface area contributed by atoms with E-state index in [4.69, 9.17) is 4.74 Å². The van der Waals surface area contributed by atoms with E-state index in [2.05, 4.69) is 19.9 Å². The first-order valence-corrected chi connectivity index (χ1v) is 8.93. The Bertz CT molecular complexity index is 1050. The number of methoxy groups -OCH3 is 1. The van der Waals surface area contributed by atoms with Crippen LogP contribution in [0.4, 0.5) is 0 Å². The van der Waals surface area contributed by atoms with Crippen LogP contribution in [0, 0.1) is 0 Å². The number of amides is 1. The summed E-state index contributed by atoms with van der Waals surface area (Å²) in [5.74, 6) is 1.11. The first-order valence-electron chi connectivity index (χ1n) is 8.93. The molecule has 1 amide bonds. The maximum Gasteiger partial charge on any atom is 0.254 e. The number of nitrogens with zero attached hydrogens (tertiary/aromatic N) is 4. The number of nitrogens with one attached hydrogen (secondary N) is 1. The summed E-state index contributed by atoms with van der Waals surface area (Å²) in [6.07, 6.45) is 5.41. The Morgan fingerprint density at radius 2 is 2.07 bits per heavy atom. The van der Waals surface area contributed by atoms with Gasteiger partial charge in [0.05, 0.1) is 32.0 Å². The highest BCUT2D eigenvalue weighted by molar-refractivity contribution is 5.79. The van der Waals surface area contributed by atoms with E-state index < -0.39 is 0 Å². The van der Waals surface area contributed by atoms with Crippen LogP contribution in [-0.2, 0) is 24.2 Å². The molecule has 0 aliphatic carbocycles. The zero-order valence-corrected chi connectivity index (χ0v) is 15.4. The van der Waals surface area contributed by atoms with E-state index in [1.807, 2.05) is 24.3 Å². The zero-order chi connectivity index (χ0) is 19.5. The summed E-state index contributed by atoms with van der Waals surface area (Å²) in [7, 11) is 1.61. The Morgan fingerprint density at radius 3 is 2.79 bits per heavy atom. The monoisotopic (exact) mass is 377 g/mol. The van der Waals surface area contributed by atoms with Crippen LogP contribution in [-0.4, -0.2) is 44.4 Å². The molecule has 0 atom stereocenters. The number of H-pyrrole nitrogens is 1. The molecule has 1 N–H and O–H groups in total. The van der Waals surface area contributed by atoms with Crippen molar-refractivity contribution >= 4 is 5.91 Å².